The normalized spacial score (nSPS) is 16.6. The number of hydrogen-bond acceptors (Lipinski definition) is 1. The highest BCUT2D eigenvalue weighted by molar-refractivity contribution is 5.33. The Morgan fingerprint density at radius 3 is 0.968 bits per heavy atom. The van der Waals surface area contributed by atoms with Crippen LogP contribution in [0.1, 0.15) is 104 Å². The summed E-state index contributed by atoms with van der Waals surface area (Å²) in [6.45, 7) is 24.3. The standard InChI is InChI=1S/C30H46O/c1-11-29(9,25-17-13-23(14-18-25)27(3,4)5)21-31-22-30(10,12-2)26-19-15-24(16-20-26)28(6,7)8/h13-20H,11-12,21-22H2,1-10H3. The van der Waals surface area contributed by atoms with Crippen LogP contribution < -0.4 is 0 Å². The lowest BCUT2D eigenvalue weighted by molar-refractivity contribution is 0.0510. The minimum atomic E-state index is 0.0289. The van der Waals surface area contributed by atoms with Gasteiger partial charge in [0.1, 0.15) is 0 Å². The van der Waals surface area contributed by atoms with Crippen molar-refractivity contribution in [2.75, 3.05) is 13.2 Å². The Balaban J connectivity index is 2.12. The van der Waals surface area contributed by atoms with E-state index >= 15 is 0 Å². The van der Waals surface area contributed by atoms with Crippen molar-refractivity contribution in [1.82, 2.24) is 0 Å². The van der Waals surface area contributed by atoms with E-state index in [4.69, 9.17) is 4.74 Å². The summed E-state index contributed by atoms with van der Waals surface area (Å²) in [5.41, 5.74) is 5.93. The fourth-order valence-electron chi connectivity index (χ4n) is 4.03. The van der Waals surface area contributed by atoms with E-state index in [1.165, 1.54) is 22.3 Å². The first kappa shape index (κ1) is 25.7. The maximum atomic E-state index is 6.45. The third-order valence-corrected chi connectivity index (χ3v) is 7.30. The Hall–Kier alpha value is -1.60. The van der Waals surface area contributed by atoms with Crippen LogP contribution in [0.4, 0.5) is 0 Å². The van der Waals surface area contributed by atoms with Gasteiger partial charge in [0.05, 0.1) is 13.2 Å². The molecular weight excluding hydrogens is 376 g/mol. The zero-order chi connectivity index (χ0) is 23.5. The Kier molecular flexibility index (Phi) is 7.85. The molecule has 0 bridgehead atoms. The van der Waals surface area contributed by atoms with Crippen molar-refractivity contribution in [3.63, 3.8) is 0 Å². The largest absolute Gasteiger partial charge is 0.380 e. The highest BCUT2D eigenvalue weighted by Crippen LogP contribution is 2.34. The number of benzene rings is 2. The average molecular weight is 423 g/mol. The maximum absolute atomic E-state index is 6.45. The molecule has 0 spiro atoms. The van der Waals surface area contributed by atoms with Gasteiger partial charge in [-0.25, -0.2) is 0 Å². The molecule has 0 aromatic heterocycles. The predicted molar refractivity (Wildman–Crippen MR) is 136 cm³/mol. The van der Waals surface area contributed by atoms with E-state index in [-0.39, 0.29) is 21.7 Å². The van der Waals surface area contributed by atoms with E-state index in [1.807, 2.05) is 0 Å². The molecule has 0 heterocycles. The first-order valence-corrected chi connectivity index (χ1v) is 12.0. The molecule has 172 valence electrons. The monoisotopic (exact) mass is 422 g/mol. The van der Waals surface area contributed by atoms with E-state index in [1.54, 1.807) is 0 Å². The molecule has 1 heteroatoms. The molecule has 31 heavy (non-hydrogen) atoms. The number of hydrogen-bond donors (Lipinski definition) is 0. The molecular formula is C30H46O. The quantitative estimate of drug-likeness (QED) is 0.415. The second kappa shape index (κ2) is 9.49. The van der Waals surface area contributed by atoms with Crippen molar-refractivity contribution in [3.8, 4) is 0 Å². The molecule has 2 atom stereocenters. The predicted octanol–water partition coefficient (Wildman–Crippen LogP) is 8.33. The van der Waals surface area contributed by atoms with Crippen molar-refractivity contribution >= 4 is 0 Å². The van der Waals surface area contributed by atoms with Gasteiger partial charge >= 0.3 is 0 Å². The van der Waals surface area contributed by atoms with Crippen molar-refractivity contribution in [2.24, 2.45) is 0 Å². The fourth-order valence-corrected chi connectivity index (χ4v) is 4.03. The van der Waals surface area contributed by atoms with Gasteiger partial charge in [0, 0.05) is 10.8 Å². The minimum Gasteiger partial charge on any atom is -0.380 e. The molecule has 0 saturated heterocycles. The summed E-state index contributed by atoms with van der Waals surface area (Å²) in [4.78, 5) is 0. The third-order valence-electron chi connectivity index (χ3n) is 7.30. The molecule has 0 aliphatic heterocycles. The third kappa shape index (κ3) is 6.22. The van der Waals surface area contributed by atoms with Crippen LogP contribution >= 0.6 is 0 Å². The van der Waals surface area contributed by atoms with Crippen LogP contribution in [0.2, 0.25) is 0 Å². The van der Waals surface area contributed by atoms with Gasteiger partial charge in [0.2, 0.25) is 0 Å². The summed E-state index contributed by atoms with van der Waals surface area (Å²) < 4.78 is 6.45. The van der Waals surface area contributed by atoms with Gasteiger partial charge in [0.25, 0.3) is 0 Å². The van der Waals surface area contributed by atoms with Gasteiger partial charge in [-0.2, -0.15) is 0 Å². The summed E-state index contributed by atoms with van der Waals surface area (Å²) in [6.07, 6.45) is 2.12. The molecule has 1 nitrogen and oxygen atoms in total. The van der Waals surface area contributed by atoms with Crippen LogP contribution in [0.5, 0.6) is 0 Å². The molecule has 2 unspecified atom stereocenters. The van der Waals surface area contributed by atoms with E-state index in [0.29, 0.717) is 0 Å². The van der Waals surface area contributed by atoms with Crippen LogP contribution in [0.3, 0.4) is 0 Å². The summed E-state index contributed by atoms with van der Waals surface area (Å²) in [5.74, 6) is 0. The topological polar surface area (TPSA) is 9.23 Å². The Morgan fingerprint density at radius 2 is 0.742 bits per heavy atom. The van der Waals surface area contributed by atoms with Crippen LogP contribution in [0.25, 0.3) is 0 Å². The second-order valence-electron chi connectivity index (χ2n) is 12.0. The van der Waals surface area contributed by atoms with Gasteiger partial charge in [-0.05, 0) is 45.9 Å². The zero-order valence-corrected chi connectivity index (χ0v) is 21.9. The first-order chi connectivity index (χ1) is 14.2. The minimum absolute atomic E-state index is 0.0289. The van der Waals surface area contributed by atoms with Crippen LogP contribution in [0.15, 0.2) is 48.5 Å². The van der Waals surface area contributed by atoms with E-state index in [2.05, 4.69) is 118 Å². The maximum Gasteiger partial charge on any atom is 0.0560 e. The Bertz CT molecular complexity index is 745. The van der Waals surface area contributed by atoms with E-state index < -0.39 is 0 Å². The Labute approximate surface area is 192 Å². The molecule has 0 fully saturated rings. The van der Waals surface area contributed by atoms with Gasteiger partial charge in [-0.15, -0.1) is 0 Å². The summed E-state index contributed by atoms with van der Waals surface area (Å²) in [5, 5.41) is 0. The summed E-state index contributed by atoms with van der Waals surface area (Å²) in [6, 6.07) is 18.4. The molecule has 0 radical (unpaired) electrons. The molecule has 2 rings (SSSR count). The van der Waals surface area contributed by atoms with Gasteiger partial charge in [0.15, 0.2) is 0 Å². The van der Waals surface area contributed by atoms with Gasteiger partial charge < -0.3 is 4.74 Å². The van der Waals surface area contributed by atoms with Gasteiger partial charge in [-0.3, -0.25) is 0 Å². The van der Waals surface area contributed by atoms with Crippen molar-refractivity contribution in [2.45, 2.75) is 104 Å². The number of rotatable bonds is 8. The molecule has 0 aliphatic carbocycles. The molecule has 0 N–H and O–H groups in total. The van der Waals surface area contributed by atoms with Crippen LogP contribution in [0, 0.1) is 0 Å². The molecule has 2 aromatic rings. The molecule has 0 amide bonds. The highest BCUT2D eigenvalue weighted by atomic mass is 16.5. The zero-order valence-electron chi connectivity index (χ0n) is 21.9. The smallest absolute Gasteiger partial charge is 0.0560 e. The van der Waals surface area contributed by atoms with E-state index in [0.717, 1.165) is 26.1 Å². The SMILES string of the molecule is CCC(C)(COCC(C)(CC)c1ccc(C(C)(C)C)cc1)c1ccc(C(C)(C)C)cc1. The second-order valence-corrected chi connectivity index (χ2v) is 12.0. The van der Waals surface area contributed by atoms with Crippen molar-refractivity contribution in [1.29, 1.82) is 0 Å². The molecule has 2 aromatic carbocycles. The lowest BCUT2D eigenvalue weighted by atomic mass is 9.77. The summed E-state index contributed by atoms with van der Waals surface area (Å²) >= 11 is 0. The average Bonchev–Trinajstić information content (AvgIpc) is 2.72. The Morgan fingerprint density at radius 1 is 0.484 bits per heavy atom. The molecule has 0 saturated carbocycles. The van der Waals surface area contributed by atoms with Crippen molar-refractivity contribution in [3.05, 3.63) is 70.8 Å². The van der Waals surface area contributed by atoms with E-state index in [9.17, 15) is 0 Å². The lowest BCUT2D eigenvalue weighted by Crippen LogP contribution is -2.33. The van der Waals surface area contributed by atoms with Crippen LogP contribution in [-0.2, 0) is 26.4 Å². The highest BCUT2D eigenvalue weighted by Gasteiger charge is 2.30. The summed E-state index contributed by atoms with van der Waals surface area (Å²) in [7, 11) is 0. The first-order valence-electron chi connectivity index (χ1n) is 12.0. The number of ether oxygens (including phenoxy) is 1. The lowest BCUT2D eigenvalue weighted by Gasteiger charge is -2.34. The fraction of sp³-hybridized carbons (Fsp3) is 0.600. The van der Waals surface area contributed by atoms with Gasteiger partial charge in [-0.1, -0.05) is 118 Å². The molecule has 0 aliphatic rings. The van der Waals surface area contributed by atoms with Crippen LogP contribution in [-0.4, -0.2) is 13.2 Å². The van der Waals surface area contributed by atoms with Crippen molar-refractivity contribution < 1.29 is 4.74 Å².